The molecule has 2 nitrogen and oxygen atoms in total. The third-order valence-electron chi connectivity index (χ3n) is 4.68. The molecule has 0 saturated carbocycles. The quantitative estimate of drug-likeness (QED) is 0.414. The van der Waals surface area contributed by atoms with Crippen molar-refractivity contribution in [1.82, 2.24) is 0 Å². The number of fused-ring (bicyclic) bond motifs is 2. The van der Waals surface area contributed by atoms with Crippen molar-refractivity contribution >= 4 is 68.3 Å². The van der Waals surface area contributed by atoms with Gasteiger partial charge in [0.2, 0.25) is 5.52 Å². The van der Waals surface area contributed by atoms with E-state index in [2.05, 4.69) is 54.8 Å². The van der Waals surface area contributed by atoms with Gasteiger partial charge in [-0.3, -0.25) is 0 Å². The van der Waals surface area contributed by atoms with Gasteiger partial charge in [-0.25, -0.2) is 0 Å². The lowest BCUT2D eigenvalue weighted by atomic mass is 10.2. The van der Waals surface area contributed by atoms with E-state index < -0.39 is 0 Å². The molecule has 0 unspecified atom stereocenters. The molecule has 6 heteroatoms. The molecule has 2 heterocycles. The van der Waals surface area contributed by atoms with E-state index in [-0.39, 0.29) is 0 Å². The summed E-state index contributed by atoms with van der Waals surface area (Å²) in [6.45, 7) is 2.19. The Morgan fingerprint density at radius 3 is 2.67 bits per heavy atom. The Bertz CT molecular complexity index is 1100. The van der Waals surface area contributed by atoms with Crippen LogP contribution in [0.1, 0.15) is 18.4 Å². The first-order chi connectivity index (χ1) is 13.0. The van der Waals surface area contributed by atoms with Gasteiger partial charge in [-0.05, 0) is 48.4 Å². The van der Waals surface area contributed by atoms with Crippen LogP contribution in [0.4, 0.5) is 5.69 Å². The van der Waals surface area contributed by atoms with Crippen LogP contribution < -0.4 is 9.47 Å². The molecule has 1 aromatic heterocycles. The summed E-state index contributed by atoms with van der Waals surface area (Å²) in [5, 5.41) is 3.97. The minimum absolute atomic E-state index is 0.768. The normalized spacial score (nSPS) is 15.8. The van der Waals surface area contributed by atoms with Crippen LogP contribution in [0.15, 0.2) is 58.0 Å². The highest BCUT2D eigenvalue weighted by Crippen LogP contribution is 2.46. The molecule has 3 aromatic rings. The topological polar surface area (TPSA) is 7.12 Å². The van der Waals surface area contributed by atoms with Crippen LogP contribution in [0.3, 0.4) is 0 Å². The van der Waals surface area contributed by atoms with Gasteiger partial charge in [0, 0.05) is 34.1 Å². The molecule has 27 heavy (non-hydrogen) atoms. The Labute approximate surface area is 177 Å². The van der Waals surface area contributed by atoms with Crippen molar-refractivity contribution < 1.29 is 4.57 Å². The van der Waals surface area contributed by atoms with Crippen LogP contribution in [0, 0.1) is 0 Å². The van der Waals surface area contributed by atoms with Crippen molar-refractivity contribution in [3.63, 3.8) is 0 Å². The summed E-state index contributed by atoms with van der Waals surface area (Å²) in [4.78, 5) is 3.45. The Kier molecular flexibility index (Phi) is 5.26. The molecule has 0 N–H and O–H groups in total. The largest absolute Gasteiger partial charge is 0.338 e. The van der Waals surface area contributed by atoms with E-state index in [0.29, 0.717) is 0 Å². The average Bonchev–Trinajstić information content (AvgIpc) is 3.12. The maximum atomic E-state index is 6.17. The number of aromatic nitrogens is 1. The van der Waals surface area contributed by atoms with Crippen LogP contribution in [0.2, 0.25) is 10.0 Å². The van der Waals surface area contributed by atoms with Gasteiger partial charge in [0.15, 0.2) is 0 Å². The van der Waals surface area contributed by atoms with Crippen molar-refractivity contribution in [3.05, 3.63) is 68.1 Å². The summed E-state index contributed by atoms with van der Waals surface area (Å²) in [5.41, 5.74) is 3.61. The standard InChI is InChI=1S/C21H19Cl2N2S2/c1-4-13(9-20-24(2)16-11-14(22)5-7-18(16)26-20)10-21-25(3)17-12-15(23)6-8-19(17)27-21/h5-12H,4H2,1-3H3/q+1. The molecule has 4 rings (SSSR count). The minimum atomic E-state index is 0.768. The second-order valence-electron chi connectivity index (χ2n) is 6.44. The van der Waals surface area contributed by atoms with E-state index >= 15 is 0 Å². The fourth-order valence-electron chi connectivity index (χ4n) is 3.09. The second-order valence-corrected chi connectivity index (χ2v) is 9.44. The van der Waals surface area contributed by atoms with Crippen molar-refractivity contribution in [1.29, 1.82) is 0 Å². The van der Waals surface area contributed by atoms with Gasteiger partial charge in [0.1, 0.15) is 11.7 Å². The SMILES string of the molecule is CCC(=Cc1sc2ccc(Cl)cc2[n+]1C)C=C1Sc2ccc(Cl)cc2N1C. The van der Waals surface area contributed by atoms with Crippen LogP contribution in [0.5, 0.6) is 0 Å². The number of hydrogen-bond acceptors (Lipinski definition) is 3. The van der Waals surface area contributed by atoms with Gasteiger partial charge in [-0.2, -0.15) is 4.57 Å². The first-order valence-electron chi connectivity index (χ1n) is 8.67. The first kappa shape index (κ1) is 18.9. The zero-order valence-electron chi connectivity index (χ0n) is 15.3. The summed E-state index contributed by atoms with van der Waals surface area (Å²) in [6, 6.07) is 12.1. The number of hydrogen-bond donors (Lipinski definition) is 0. The Morgan fingerprint density at radius 2 is 1.89 bits per heavy atom. The highest BCUT2D eigenvalue weighted by Gasteiger charge is 2.22. The minimum Gasteiger partial charge on any atom is -0.338 e. The van der Waals surface area contributed by atoms with E-state index in [4.69, 9.17) is 23.2 Å². The number of thioether (sulfide) groups is 1. The third-order valence-corrected chi connectivity index (χ3v) is 7.48. The van der Waals surface area contributed by atoms with Crippen molar-refractivity contribution in [2.45, 2.75) is 18.2 Å². The number of thiazole rings is 1. The molecule has 0 saturated heterocycles. The van der Waals surface area contributed by atoms with Crippen LogP contribution in [0.25, 0.3) is 16.3 Å². The number of rotatable bonds is 3. The lowest BCUT2D eigenvalue weighted by molar-refractivity contribution is -0.642. The van der Waals surface area contributed by atoms with Gasteiger partial charge in [-0.1, -0.05) is 53.2 Å². The van der Waals surface area contributed by atoms with Gasteiger partial charge in [0.05, 0.1) is 10.7 Å². The maximum absolute atomic E-state index is 6.17. The number of allylic oxidation sites excluding steroid dienone is 2. The van der Waals surface area contributed by atoms with Gasteiger partial charge in [-0.15, -0.1) is 0 Å². The fourth-order valence-corrected chi connectivity index (χ4v) is 5.64. The smallest absolute Gasteiger partial charge is 0.262 e. The number of halogens is 2. The molecule has 2 aromatic carbocycles. The number of anilines is 1. The molecule has 0 fully saturated rings. The predicted molar refractivity (Wildman–Crippen MR) is 120 cm³/mol. The average molecular weight is 434 g/mol. The van der Waals surface area contributed by atoms with Crippen LogP contribution in [-0.2, 0) is 7.05 Å². The summed E-state index contributed by atoms with van der Waals surface area (Å²) in [7, 11) is 4.19. The van der Waals surface area contributed by atoms with Crippen molar-refractivity contribution in [2.75, 3.05) is 11.9 Å². The van der Waals surface area contributed by atoms with E-state index in [1.54, 1.807) is 23.1 Å². The molecule has 0 amide bonds. The molecule has 0 bridgehead atoms. The summed E-state index contributed by atoms with van der Waals surface area (Å²) in [5.74, 6) is 0. The number of nitrogens with zero attached hydrogens (tertiary/aromatic N) is 2. The van der Waals surface area contributed by atoms with Gasteiger partial charge < -0.3 is 4.90 Å². The number of aryl methyl sites for hydroxylation is 1. The van der Waals surface area contributed by atoms with Gasteiger partial charge in [0.25, 0.3) is 5.01 Å². The molecule has 0 atom stereocenters. The molecular formula is C21H19Cl2N2S2+. The van der Waals surface area contributed by atoms with E-state index in [0.717, 1.165) is 27.7 Å². The van der Waals surface area contributed by atoms with E-state index in [1.807, 2.05) is 24.3 Å². The monoisotopic (exact) mass is 433 g/mol. The van der Waals surface area contributed by atoms with Gasteiger partial charge >= 0.3 is 0 Å². The lowest BCUT2D eigenvalue weighted by Gasteiger charge is -2.14. The van der Waals surface area contributed by atoms with Crippen LogP contribution >= 0.6 is 46.3 Å². The Morgan fingerprint density at radius 1 is 1.15 bits per heavy atom. The molecule has 0 radical (unpaired) electrons. The molecule has 1 aliphatic rings. The van der Waals surface area contributed by atoms with Crippen LogP contribution in [-0.4, -0.2) is 7.05 Å². The molecule has 1 aliphatic heterocycles. The maximum Gasteiger partial charge on any atom is 0.262 e. The zero-order chi connectivity index (χ0) is 19.1. The fraction of sp³-hybridized carbons (Fsp3) is 0.190. The highest BCUT2D eigenvalue weighted by atomic mass is 35.5. The number of benzene rings is 2. The first-order valence-corrected chi connectivity index (χ1v) is 11.1. The van der Waals surface area contributed by atoms with E-state index in [9.17, 15) is 0 Å². The third kappa shape index (κ3) is 3.64. The van der Waals surface area contributed by atoms with Crippen molar-refractivity contribution in [3.8, 4) is 0 Å². The highest BCUT2D eigenvalue weighted by molar-refractivity contribution is 8.03. The summed E-state index contributed by atoms with van der Waals surface area (Å²) in [6.07, 6.45) is 5.51. The molecule has 138 valence electrons. The molecule has 0 aliphatic carbocycles. The lowest BCUT2D eigenvalue weighted by Crippen LogP contribution is -2.29. The van der Waals surface area contributed by atoms with Crippen molar-refractivity contribution in [2.24, 2.45) is 7.05 Å². The zero-order valence-corrected chi connectivity index (χ0v) is 18.4. The summed E-state index contributed by atoms with van der Waals surface area (Å²) < 4.78 is 3.45. The Hall–Kier alpha value is -1.46. The predicted octanol–water partition coefficient (Wildman–Crippen LogP) is 6.91. The molecular weight excluding hydrogens is 415 g/mol. The second kappa shape index (κ2) is 7.51. The van der Waals surface area contributed by atoms with E-state index in [1.165, 1.54) is 25.2 Å². The molecule has 0 spiro atoms. The Balaban J connectivity index is 1.71. The summed E-state index contributed by atoms with van der Waals surface area (Å²) >= 11 is 15.9.